The molecule has 1 atom stereocenters. The van der Waals surface area contributed by atoms with E-state index in [9.17, 15) is 5.11 Å². The summed E-state index contributed by atoms with van der Waals surface area (Å²) in [4.78, 5) is 4.41. The van der Waals surface area contributed by atoms with Crippen molar-refractivity contribution >= 4 is 5.69 Å². The third-order valence-electron chi connectivity index (χ3n) is 4.40. The molecule has 1 aliphatic rings. The van der Waals surface area contributed by atoms with Crippen molar-refractivity contribution in [3.05, 3.63) is 72.6 Å². The van der Waals surface area contributed by atoms with Crippen LogP contribution in [-0.2, 0) is 5.72 Å². The SMILES string of the molecule is [CH2]C(O)(c1cccc(C)c1)N1CCN(c2ccccc2)CC1. The third-order valence-corrected chi connectivity index (χ3v) is 4.40. The van der Waals surface area contributed by atoms with Crippen LogP contribution >= 0.6 is 0 Å². The van der Waals surface area contributed by atoms with E-state index in [1.807, 2.05) is 37.3 Å². The maximum absolute atomic E-state index is 10.9. The zero-order chi connectivity index (χ0) is 15.6. The molecule has 0 aliphatic carbocycles. The first kappa shape index (κ1) is 15.1. The Morgan fingerprint density at radius 2 is 1.64 bits per heavy atom. The number of aliphatic hydroxyl groups is 1. The number of nitrogens with zero attached hydrogens (tertiary/aromatic N) is 2. The smallest absolute Gasteiger partial charge is 0.144 e. The lowest BCUT2D eigenvalue weighted by atomic mass is 10.00. The maximum Gasteiger partial charge on any atom is 0.144 e. The van der Waals surface area contributed by atoms with Gasteiger partial charge in [0.1, 0.15) is 5.72 Å². The fraction of sp³-hybridized carbons (Fsp3) is 0.316. The highest BCUT2D eigenvalue weighted by Gasteiger charge is 2.33. The normalized spacial score (nSPS) is 19.0. The molecule has 1 unspecified atom stereocenters. The first-order chi connectivity index (χ1) is 10.6. The van der Waals surface area contributed by atoms with Gasteiger partial charge < -0.3 is 10.0 Å². The summed E-state index contributed by atoms with van der Waals surface area (Å²) in [6, 6.07) is 18.4. The van der Waals surface area contributed by atoms with Crippen LogP contribution < -0.4 is 4.90 Å². The predicted molar refractivity (Wildman–Crippen MR) is 90.7 cm³/mol. The van der Waals surface area contributed by atoms with Crippen molar-refractivity contribution in [3.63, 3.8) is 0 Å². The fourth-order valence-electron chi connectivity index (χ4n) is 3.05. The highest BCUT2D eigenvalue weighted by Crippen LogP contribution is 2.27. The molecule has 2 aromatic carbocycles. The molecule has 1 fully saturated rings. The molecular weight excluding hydrogens is 272 g/mol. The van der Waals surface area contributed by atoms with Crippen LogP contribution in [0.4, 0.5) is 5.69 Å². The minimum absolute atomic E-state index is 0.794. The molecule has 3 nitrogen and oxygen atoms in total. The van der Waals surface area contributed by atoms with Gasteiger partial charge in [0.05, 0.1) is 0 Å². The van der Waals surface area contributed by atoms with Gasteiger partial charge >= 0.3 is 0 Å². The molecule has 1 saturated heterocycles. The second-order valence-corrected chi connectivity index (χ2v) is 6.00. The van der Waals surface area contributed by atoms with Gasteiger partial charge in [-0.1, -0.05) is 48.0 Å². The van der Waals surface area contributed by atoms with E-state index < -0.39 is 5.72 Å². The molecule has 3 rings (SSSR count). The molecule has 2 aromatic rings. The lowest BCUT2D eigenvalue weighted by Crippen LogP contribution is -2.54. The summed E-state index contributed by atoms with van der Waals surface area (Å²) in [7, 11) is 0. The van der Waals surface area contributed by atoms with E-state index in [0.29, 0.717) is 0 Å². The number of hydrogen-bond donors (Lipinski definition) is 1. The van der Waals surface area contributed by atoms with Crippen LogP contribution in [0.25, 0.3) is 0 Å². The van der Waals surface area contributed by atoms with Gasteiger partial charge in [0, 0.05) is 31.9 Å². The Bertz CT molecular complexity index is 616. The number of para-hydroxylation sites is 1. The Morgan fingerprint density at radius 1 is 0.955 bits per heavy atom. The average Bonchev–Trinajstić information content (AvgIpc) is 2.56. The Kier molecular flexibility index (Phi) is 4.19. The van der Waals surface area contributed by atoms with E-state index in [0.717, 1.165) is 37.3 Å². The van der Waals surface area contributed by atoms with Crippen molar-refractivity contribution in [2.45, 2.75) is 12.6 Å². The average molecular weight is 295 g/mol. The van der Waals surface area contributed by atoms with Gasteiger partial charge in [-0.25, -0.2) is 0 Å². The summed E-state index contributed by atoms with van der Waals surface area (Å²) in [6.45, 7) is 9.48. The van der Waals surface area contributed by atoms with Gasteiger partial charge in [0.2, 0.25) is 0 Å². The molecule has 1 N–H and O–H groups in total. The Morgan fingerprint density at radius 3 is 2.27 bits per heavy atom. The first-order valence-electron chi connectivity index (χ1n) is 7.77. The summed E-state index contributed by atoms with van der Waals surface area (Å²) in [5.74, 6) is 0. The molecule has 0 bridgehead atoms. The predicted octanol–water partition coefficient (Wildman–Crippen LogP) is 2.80. The first-order valence-corrected chi connectivity index (χ1v) is 7.77. The van der Waals surface area contributed by atoms with E-state index in [1.165, 1.54) is 5.69 Å². The maximum atomic E-state index is 10.9. The standard InChI is InChI=1S/C19H23N2O/c1-16-7-6-8-17(15-16)19(2,22)21-13-11-20(12-14-21)18-9-4-3-5-10-18/h3-10,15,22H,2,11-14H2,1H3. The van der Waals surface area contributed by atoms with Gasteiger partial charge in [0.25, 0.3) is 0 Å². The fourth-order valence-corrected chi connectivity index (χ4v) is 3.05. The van der Waals surface area contributed by atoms with Crippen molar-refractivity contribution in [2.75, 3.05) is 31.1 Å². The molecular formula is C19H23N2O. The number of rotatable bonds is 3. The Balaban J connectivity index is 1.70. The summed E-state index contributed by atoms with van der Waals surface area (Å²) in [6.07, 6.45) is 0. The van der Waals surface area contributed by atoms with Gasteiger partial charge in [-0.3, -0.25) is 4.90 Å². The molecule has 3 heteroatoms. The van der Waals surface area contributed by atoms with E-state index in [2.05, 4.69) is 41.0 Å². The molecule has 0 saturated carbocycles. The molecule has 0 spiro atoms. The summed E-state index contributed by atoms with van der Waals surface area (Å²) in [5, 5.41) is 10.9. The zero-order valence-electron chi connectivity index (χ0n) is 13.1. The molecule has 0 amide bonds. The van der Waals surface area contributed by atoms with E-state index >= 15 is 0 Å². The number of piperazine rings is 1. The number of benzene rings is 2. The molecule has 1 heterocycles. The molecule has 22 heavy (non-hydrogen) atoms. The van der Waals surface area contributed by atoms with Crippen molar-refractivity contribution < 1.29 is 5.11 Å². The van der Waals surface area contributed by atoms with Gasteiger partial charge in [-0.05, 0) is 31.5 Å². The lowest BCUT2D eigenvalue weighted by molar-refractivity contribution is -0.0795. The van der Waals surface area contributed by atoms with Crippen LogP contribution in [-0.4, -0.2) is 36.2 Å². The van der Waals surface area contributed by atoms with Crippen LogP contribution in [0.3, 0.4) is 0 Å². The summed E-state index contributed by atoms with van der Waals surface area (Å²) >= 11 is 0. The molecule has 115 valence electrons. The molecule has 1 aliphatic heterocycles. The molecule has 0 aromatic heterocycles. The largest absolute Gasteiger partial charge is 0.371 e. The van der Waals surface area contributed by atoms with E-state index in [-0.39, 0.29) is 0 Å². The third kappa shape index (κ3) is 3.01. The highest BCUT2D eigenvalue weighted by molar-refractivity contribution is 5.46. The van der Waals surface area contributed by atoms with Gasteiger partial charge in [0.15, 0.2) is 0 Å². The number of aryl methyl sites for hydroxylation is 1. The molecule has 1 radical (unpaired) electrons. The van der Waals surface area contributed by atoms with Crippen LogP contribution in [0.15, 0.2) is 54.6 Å². The van der Waals surface area contributed by atoms with Crippen LogP contribution in [0.2, 0.25) is 0 Å². The summed E-state index contributed by atoms with van der Waals surface area (Å²) < 4.78 is 0. The van der Waals surface area contributed by atoms with Crippen molar-refractivity contribution in [1.82, 2.24) is 4.90 Å². The van der Waals surface area contributed by atoms with E-state index in [4.69, 9.17) is 0 Å². The van der Waals surface area contributed by atoms with Crippen molar-refractivity contribution in [2.24, 2.45) is 0 Å². The topological polar surface area (TPSA) is 26.7 Å². The van der Waals surface area contributed by atoms with Gasteiger partial charge in [-0.15, -0.1) is 0 Å². The van der Waals surface area contributed by atoms with Crippen LogP contribution in [0, 0.1) is 13.8 Å². The van der Waals surface area contributed by atoms with Crippen LogP contribution in [0.1, 0.15) is 11.1 Å². The van der Waals surface area contributed by atoms with E-state index in [1.54, 1.807) is 0 Å². The quantitative estimate of drug-likeness (QED) is 0.943. The second kappa shape index (κ2) is 6.11. The Hall–Kier alpha value is -1.84. The Labute approximate surface area is 132 Å². The lowest BCUT2D eigenvalue weighted by Gasteiger charge is -2.43. The zero-order valence-corrected chi connectivity index (χ0v) is 13.1. The van der Waals surface area contributed by atoms with Crippen LogP contribution in [0.5, 0.6) is 0 Å². The highest BCUT2D eigenvalue weighted by atomic mass is 16.3. The van der Waals surface area contributed by atoms with Crippen molar-refractivity contribution in [3.8, 4) is 0 Å². The number of anilines is 1. The number of hydrogen-bond acceptors (Lipinski definition) is 3. The monoisotopic (exact) mass is 295 g/mol. The summed E-state index contributed by atoms with van der Waals surface area (Å²) in [5.41, 5.74) is 2.09. The van der Waals surface area contributed by atoms with Crippen molar-refractivity contribution in [1.29, 1.82) is 0 Å². The van der Waals surface area contributed by atoms with Gasteiger partial charge in [-0.2, -0.15) is 0 Å². The minimum Gasteiger partial charge on any atom is -0.371 e. The second-order valence-electron chi connectivity index (χ2n) is 6.00. The minimum atomic E-state index is -1.16.